The number of benzene rings is 2. The number of carbonyl (C=O) groups excluding carboxylic acids is 2. The van der Waals surface area contributed by atoms with E-state index in [2.05, 4.69) is 9.88 Å². The maximum atomic E-state index is 13.7. The number of aryl methyl sites for hydroxylation is 1. The number of aromatic nitrogens is 1. The standard InChI is InChI=1S/C25H23N3O3S/c1-27-20-12-6-5-11-19(20)22-23(24(30)26-14-17-8-3-2-4-9-17)28(15-18-10-7-13-31-18)21(29)16-32-25(22)27/h2-13,23H,14-16H2,1H3,(H,26,30). The smallest absolute Gasteiger partial charge is 0.247 e. The average molecular weight is 446 g/mol. The molecule has 1 N–H and O–H groups in total. The van der Waals surface area contributed by atoms with Gasteiger partial charge >= 0.3 is 0 Å². The van der Waals surface area contributed by atoms with Crippen LogP contribution in [-0.4, -0.2) is 27.0 Å². The van der Waals surface area contributed by atoms with Crippen LogP contribution < -0.4 is 5.32 Å². The Hall–Kier alpha value is -3.45. The Bertz CT molecular complexity index is 1260. The summed E-state index contributed by atoms with van der Waals surface area (Å²) < 4.78 is 7.61. The van der Waals surface area contributed by atoms with Crippen molar-refractivity contribution >= 4 is 34.5 Å². The fraction of sp³-hybridized carbons (Fsp3) is 0.200. The van der Waals surface area contributed by atoms with Gasteiger partial charge in [0, 0.05) is 30.1 Å². The van der Waals surface area contributed by atoms with Crippen LogP contribution in [0.1, 0.15) is 22.9 Å². The van der Waals surface area contributed by atoms with Crippen molar-refractivity contribution < 1.29 is 14.0 Å². The molecule has 3 heterocycles. The lowest BCUT2D eigenvalue weighted by atomic mass is 10.0. The molecule has 5 rings (SSSR count). The van der Waals surface area contributed by atoms with Crippen molar-refractivity contribution in [2.75, 3.05) is 5.75 Å². The normalized spacial score (nSPS) is 16.1. The molecule has 32 heavy (non-hydrogen) atoms. The average Bonchev–Trinajstić information content (AvgIpc) is 3.39. The van der Waals surface area contributed by atoms with E-state index in [9.17, 15) is 9.59 Å². The summed E-state index contributed by atoms with van der Waals surface area (Å²) >= 11 is 1.48. The van der Waals surface area contributed by atoms with E-state index in [1.807, 2.05) is 67.7 Å². The summed E-state index contributed by atoms with van der Waals surface area (Å²) in [6.45, 7) is 0.630. The van der Waals surface area contributed by atoms with Gasteiger partial charge in [-0.2, -0.15) is 0 Å². The zero-order valence-electron chi connectivity index (χ0n) is 17.7. The van der Waals surface area contributed by atoms with E-state index in [-0.39, 0.29) is 24.1 Å². The van der Waals surface area contributed by atoms with Crippen LogP contribution in [0.15, 0.2) is 82.4 Å². The fourth-order valence-corrected chi connectivity index (χ4v) is 5.35. The fourth-order valence-electron chi connectivity index (χ4n) is 4.26. The van der Waals surface area contributed by atoms with E-state index in [1.54, 1.807) is 17.2 Å². The van der Waals surface area contributed by atoms with Gasteiger partial charge in [-0.1, -0.05) is 60.3 Å². The van der Waals surface area contributed by atoms with Crippen molar-refractivity contribution in [3.63, 3.8) is 0 Å². The highest BCUT2D eigenvalue weighted by atomic mass is 32.2. The van der Waals surface area contributed by atoms with Crippen molar-refractivity contribution in [3.8, 4) is 0 Å². The minimum Gasteiger partial charge on any atom is -0.467 e. The number of hydrogen-bond donors (Lipinski definition) is 1. The van der Waals surface area contributed by atoms with E-state index >= 15 is 0 Å². The van der Waals surface area contributed by atoms with E-state index in [0.717, 1.165) is 27.1 Å². The van der Waals surface area contributed by atoms with Gasteiger partial charge in [0.1, 0.15) is 11.8 Å². The molecule has 0 saturated heterocycles. The third kappa shape index (κ3) is 3.69. The third-order valence-electron chi connectivity index (χ3n) is 5.79. The van der Waals surface area contributed by atoms with E-state index < -0.39 is 6.04 Å². The van der Waals surface area contributed by atoms with Crippen molar-refractivity contribution in [3.05, 3.63) is 89.9 Å². The Morgan fingerprint density at radius 3 is 2.66 bits per heavy atom. The first kappa shape index (κ1) is 20.5. The lowest BCUT2D eigenvalue weighted by molar-refractivity contribution is -0.139. The van der Waals surface area contributed by atoms with Gasteiger partial charge in [0.25, 0.3) is 0 Å². The number of rotatable bonds is 5. The Kier molecular flexibility index (Phi) is 5.49. The largest absolute Gasteiger partial charge is 0.467 e. The van der Waals surface area contributed by atoms with Crippen LogP contribution in [0.5, 0.6) is 0 Å². The quantitative estimate of drug-likeness (QED) is 0.498. The van der Waals surface area contributed by atoms with Crippen molar-refractivity contribution in [1.82, 2.24) is 14.8 Å². The van der Waals surface area contributed by atoms with Crippen molar-refractivity contribution in [2.45, 2.75) is 24.2 Å². The predicted octanol–water partition coefficient (Wildman–Crippen LogP) is 4.26. The minimum atomic E-state index is -0.757. The minimum absolute atomic E-state index is 0.0912. The molecule has 0 fully saturated rings. The third-order valence-corrected chi connectivity index (χ3v) is 6.95. The molecular formula is C25H23N3O3S. The summed E-state index contributed by atoms with van der Waals surface area (Å²) in [6.07, 6.45) is 1.58. The van der Waals surface area contributed by atoms with Crippen LogP contribution in [0.3, 0.4) is 0 Å². The van der Waals surface area contributed by atoms with Gasteiger partial charge in [0.2, 0.25) is 11.8 Å². The summed E-state index contributed by atoms with van der Waals surface area (Å²) in [6, 6.07) is 20.7. The topological polar surface area (TPSA) is 67.5 Å². The number of para-hydroxylation sites is 1. The van der Waals surface area contributed by atoms with E-state index in [1.165, 1.54) is 11.8 Å². The van der Waals surface area contributed by atoms with Crippen LogP contribution >= 0.6 is 11.8 Å². The number of carbonyl (C=O) groups is 2. The molecule has 0 bridgehead atoms. The molecule has 0 aliphatic carbocycles. The second-order valence-corrected chi connectivity index (χ2v) is 8.75. The number of fused-ring (bicyclic) bond motifs is 3. The van der Waals surface area contributed by atoms with Gasteiger partial charge in [0.15, 0.2) is 0 Å². The molecule has 0 saturated carbocycles. The summed E-state index contributed by atoms with van der Waals surface area (Å²) in [5, 5.41) is 4.99. The molecule has 1 atom stereocenters. The molecule has 1 aliphatic rings. The van der Waals surface area contributed by atoms with Gasteiger partial charge in [-0.15, -0.1) is 0 Å². The predicted molar refractivity (Wildman–Crippen MR) is 124 cm³/mol. The molecule has 6 nitrogen and oxygen atoms in total. The highest BCUT2D eigenvalue weighted by molar-refractivity contribution is 8.00. The molecule has 2 aromatic carbocycles. The number of nitrogens with one attached hydrogen (secondary N) is 1. The Balaban J connectivity index is 1.59. The van der Waals surface area contributed by atoms with E-state index in [0.29, 0.717) is 12.3 Å². The van der Waals surface area contributed by atoms with Crippen LogP contribution in [0.2, 0.25) is 0 Å². The highest BCUT2D eigenvalue weighted by Gasteiger charge is 2.39. The molecule has 0 spiro atoms. The molecule has 162 valence electrons. The number of amides is 2. The number of nitrogens with zero attached hydrogens (tertiary/aromatic N) is 2. The zero-order chi connectivity index (χ0) is 22.1. The van der Waals surface area contributed by atoms with Crippen LogP contribution in [-0.2, 0) is 29.7 Å². The summed E-state index contributed by atoms with van der Waals surface area (Å²) in [5.41, 5.74) is 2.92. The molecule has 4 aromatic rings. The first-order chi connectivity index (χ1) is 15.6. The molecule has 0 radical (unpaired) electrons. The lowest BCUT2D eigenvalue weighted by Crippen LogP contribution is -2.43. The number of thioether (sulfide) groups is 1. The SMILES string of the molecule is Cn1c2c(c3ccccc31)C(C(=O)NCc1ccccc1)N(Cc1ccco1)C(=O)CS2. The van der Waals surface area contributed by atoms with Crippen molar-refractivity contribution in [1.29, 1.82) is 0 Å². The van der Waals surface area contributed by atoms with Crippen molar-refractivity contribution in [2.24, 2.45) is 7.05 Å². The van der Waals surface area contributed by atoms with Crippen LogP contribution in [0, 0.1) is 0 Å². The molecule has 1 unspecified atom stereocenters. The molecular weight excluding hydrogens is 422 g/mol. The highest BCUT2D eigenvalue weighted by Crippen LogP contribution is 2.42. The molecule has 7 heteroatoms. The molecule has 1 aliphatic heterocycles. The molecule has 2 aromatic heterocycles. The Morgan fingerprint density at radius 2 is 1.88 bits per heavy atom. The summed E-state index contributed by atoms with van der Waals surface area (Å²) in [7, 11) is 1.99. The molecule has 2 amide bonds. The van der Waals surface area contributed by atoms with Gasteiger partial charge in [-0.25, -0.2) is 0 Å². The number of hydrogen-bond acceptors (Lipinski definition) is 4. The van der Waals surface area contributed by atoms with E-state index in [4.69, 9.17) is 4.42 Å². The van der Waals surface area contributed by atoms with Gasteiger partial charge in [0.05, 0.1) is 23.6 Å². The van der Waals surface area contributed by atoms with Gasteiger partial charge < -0.3 is 19.2 Å². The number of furan rings is 1. The van der Waals surface area contributed by atoms with Crippen LogP contribution in [0.25, 0.3) is 10.9 Å². The Morgan fingerprint density at radius 1 is 1.09 bits per heavy atom. The lowest BCUT2D eigenvalue weighted by Gasteiger charge is -2.29. The first-order valence-electron chi connectivity index (χ1n) is 10.5. The van der Waals surface area contributed by atoms with Gasteiger partial charge in [-0.3, -0.25) is 9.59 Å². The monoisotopic (exact) mass is 445 g/mol. The Labute approximate surface area is 190 Å². The zero-order valence-corrected chi connectivity index (χ0v) is 18.5. The maximum Gasteiger partial charge on any atom is 0.247 e. The van der Waals surface area contributed by atoms with Crippen LogP contribution in [0.4, 0.5) is 0 Å². The summed E-state index contributed by atoms with van der Waals surface area (Å²) in [5.74, 6) is 0.619. The summed E-state index contributed by atoms with van der Waals surface area (Å²) in [4.78, 5) is 28.5. The second-order valence-electron chi connectivity index (χ2n) is 7.79. The first-order valence-corrected chi connectivity index (χ1v) is 11.5. The maximum absolute atomic E-state index is 13.7. The van der Waals surface area contributed by atoms with Gasteiger partial charge in [-0.05, 0) is 23.8 Å². The second kappa shape index (κ2) is 8.59.